The Morgan fingerprint density at radius 1 is 1.22 bits per heavy atom. The quantitative estimate of drug-likeness (QED) is 0.854. The van der Waals surface area contributed by atoms with Gasteiger partial charge < -0.3 is 10.6 Å². The molecule has 94 valence electrons. The van der Waals surface area contributed by atoms with Crippen molar-refractivity contribution in [3.8, 4) is 0 Å². The number of hydrogen-bond acceptors (Lipinski definition) is 5. The summed E-state index contributed by atoms with van der Waals surface area (Å²) < 4.78 is 0. The van der Waals surface area contributed by atoms with Crippen LogP contribution >= 0.6 is 0 Å². The summed E-state index contributed by atoms with van der Waals surface area (Å²) in [6, 6.07) is 7.78. The third kappa shape index (κ3) is 2.56. The topological polar surface area (TPSA) is 62.7 Å². The molecular formula is C13H17N5. The van der Waals surface area contributed by atoms with Crippen molar-refractivity contribution >= 4 is 17.0 Å². The summed E-state index contributed by atoms with van der Waals surface area (Å²) in [5.74, 6) is 1.29. The Morgan fingerprint density at radius 3 is 2.94 bits per heavy atom. The van der Waals surface area contributed by atoms with E-state index in [0.717, 1.165) is 30.7 Å². The molecule has 0 saturated carbocycles. The number of nitrogens with one attached hydrogen (secondary N) is 2. The first-order valence-corrected chi connectivity index (χ1v) is 6.46. The zero-order chi connectivity index (χ0) is 12.2. The van der Waals surface area contributed by atoms with Gasteiger partial charge in [0.2, 0.25) is 5.95 Å². The minimum atomic E-state index is 0.624. The number of rotatable bonds is 3. The fourth-order valence-corrected chi connectivity index (χ4v) is 2.29. The van der Waals surface area contributed by atoms with E-state index in [0.29, 0.717) is 11.9 Å². The molecule has 1 aromatic heterocycles. The number of anilines is 1. The highest BCUT2D eigenvalue weighted by molar-refractivity contribution is 5.73. The number of benzene rings is 1. The standard InChI is InChI=1S/C13H17N5/c1-2-6-12-11(5-1)16-13(18-17-12)15-9-10-4-3-7-14-8-10/h1-2,5-6,10,14H,3-4,7-9H2,(H,15,16,18). The molecule has 3 rings (SSSR count). The molecule has 1 saturated heterocycles. The van der Waals surface area contributed by atoms with Crippen LogP contribution in [-0.2, 0) is 0 Å². The molecule has 1 aliphatic rings. The first kappa shape index (κ1) is 11.3. The van der Waals surface area contributed by atoms with Gasteiger partial charge in [-0.2, -0.15) is 0 Å². The smallest absolute Gasteiger partial charge is 0.243 e. The maximum Gasteiger partial charge on any atom is 0.243 e. The van der Waals surface area contributed by atoms with Gasteiger partial charge in [-0.15, -0.1) is 10.2 Å². The molecule has 5 nitrogen and oxygen atoms in total. The lowest BCUT2D eigenvalue weighted by atomic mass is 10.00. The zero-order valence-electron chi connectivity index (χ0n) is 10.3. The number of nitrogens with zero attached hydrogens (tertiary/aromatic N) is 3. The molecule has 0 radical (unpaired) electrons. The minimum absolute atomic E-state index is 0.624. The fourth-order valence-electron chi connectivity index (χ4n) is 2.29. The largest absolute Gasteiger partial charge is 0.353 e. The van der Waals surface area contributed by atoms with E-state index in [4.69, 9.17) is 0 Å². The zero-order valence-corrected chi connectivity index (χ0v) is 10.3. The average Bonchev–Trinajstić information content (AvgIpc) is 2.46. The van der Waals surface area contributed by atoms with Gasteiger partial charge >= 0.3 is 0 Å². The molecule has 1 aromatic carbocycles. The summed E-state index contributed by atoms with van der Waals surface area (Å²) in [5, 5.41) is 14.9. The SMILES string of the molecule is c1ccc2nc(NCC3CCCNC3)nnc2c1. The van der Waals surface area contributed by atoms with Gasteiger partial charge in [0, 0.05) is 6.54 Å². The number of hydrogen-bond donors (Lipinski definition) is 2. The van der Waals surface area contributed by atoms with Crippen molar-refractivity contribution in [2.45, 2.75) is 12.8 Å². The van der Waals surface area contributed by atoms with E-state index < -0.39 is 0 Å². The van der Waals surface area contributed by atoms with Crippen molar-refractivity contribution < 1.29 is 0 Å². The van der Waals surface area contributed by atoms with Crippen molar-refractivity contribution in [1.82, 2.24) is 20.5 Å². The normalized spacial score (nSPS) is 19.9. The molecule has 2 aromatic rings. The van der Waals surface area contributed by atoms with E-state index in [-0.39, 0.29) is 0 Å². The van der Waals surface area contributed by atoms with Gasteiger partial charge in [0.15, 0.2) is 0 Å². The van der Waals surface area contributed by atoms with Gasteiger partial charge in [0.25, 0.3) is 0 Å². The Labute approximate surface area is 106 Å². The molecule has 5 heteroatoms. The highest BCUT2D eigenvalue weighted by Gasteiger charge is 2.13. The molecule has 2 heterocycles. The van der Waals surface area contributed by atoms with Gasteiger partial charge in [-0.1, -0.05) is 12.1 Å². The van der Waals surface area contributed by atoms with Crippen LogP contribution < -0.4 is 10.6 Å². The van der Waals surface area contributed by atoms with Crippen LogP contribution in [0, 0.1) is 5.92 Å². The van der Waals surface area contributed by atoms with Crippen molar-refractivity contribution in [2.75, 3.05) is 25.0 Å². The molecule has 0 bridgehead atoms. The highest BCUT2D eigenvalue weighted by Crippen LogP contribution is 2.12. The maximum absolute atomic E-state index is 4.45. The third-order valence-corrected chi connectivity index (χ3v) is 3.31. The van der Waals surface area contributed by atoms with Crippen LogP contribution in [-0.4, -0.2) is 34.8 Å². The van der Waals surface area contributed by atoms with E-state index in [9.17, 15) is 0 Å². The summed E-state index contributed by atoms with van der Waals surface area (Å²) in [4.78, 5) is 4.45. The summed E-state index contributed by atoms with van der Waals surface area (Å²) in [6.07, 6.45) is 2.52. The highest BCUT2D eigenvalue weighted by atomic mass is 15.2. The predicted octanol–water partition coefficient (Wildman–Crippen LogP) is 1.44. The van der Waals surface area contributed by atoms with Gasteiger partial charge in [-0.05, 0) is 44.0 Å². The first-order chi connectivity index (χ1) is 8.92. The number of para-hydroxylation sites is 1. The van der Waals surface area contributed by atoms with E-state index in [1.807, 2.05) is 24.3 Å². The molecule has 1 aliphatic heterocycles. The van der Waals surface area contributed by atoms with Crippen LogP contribution in [0.15, 0.2) is 24.3 Å². The van der Waals surface area contributed by atoms with E-state index in [1.54, 1.807) is 0 Å². The summed E-state index contributed by atoms with van der Waals surface area (Å²) >= 11 is 0. The molecular weight excluding hydrogens is 226 g/mol. The van der Waals surface area contributed by atoms with E-state index in [1.165, 1.54) is 12.8 Å². The third-order valence-electron chi connectivity index (χ3n) is 3.31. The molecule has 0 amide bonds. The molecule has 0 aliphatic carbocycles. The van der Waals surface area contributed by atoms with Crippen LogP contribution in [0.4, 0.5) is 5.95 Å². The number of fused-ring (bicyclic) bond motifs is 1. The summed E-state index contributed by atoms with van der Waals surface area (Å²) in [5.41, 5.74) is 1.72. The second kappa shape index (κ2) is 5.27. The van der Waals surface area contributed by atoms with Gasteiger partial charge in [-0.3, -0.25) is 0 Å². The molecule has 1 fully saturated rings. The Bertz CT molecular complexity index is 522. The Kier molecular flexibility index (Phi) is 3.32. The molecule has 0 spiro atoms. The number of piperidine rings is 1. The predicted molar refractivity (Wildman–Crippen MR) is 71.4 cm³/mol. The average molecular weight is 243 g/mol. The van der Waals surface area contributed by atoms with Crippen molar-refractivity contribution in [3.05, 3.63) is 24.3 Å². The summed E-state index contributed by atoms with van der Waals surface area (Å²) in [6.45, 7) is 3.13. The Hall–Kier alpha value is -1.75. The first-order valence-electron chi connectivity index (χ1n) is 6.46. The van der Waals surface area contributed by atoms with Gasteiger partial charge in [0.1, 0.15) is 5.52 Å². The second-order valence-electron chi connectivity index (χ2n) is 4.72. The summed E-state index contributed by atoms with van der Waals surface area (Å²) in [7, 11) is 0. The van der Waals surface area contributed by atoms with E-state index >= 15 is 0 Å². The van der Waals surface area contributed by atoms with Crippen molar-refractivity contribution in [3.63, 3.8) is 0 Å². The van der Waals surface area contributed by atoms with Crippen molar-refractivity contribution in [1.29, 1.82) is 0 Å². The Morgan fingerprint density at radius 2 is 2.11 bits per heavy atom. The van der Waals surface area contributed by atoms with Crippen LogP contribution in [0.5, 0.6) is 0 Å². The van der Waals surface area contributed by atoms with Gasteiger partial charge in [-0.25, -0.2) is 4.98 Å². The van der Waals surface area contributed by atoms with E-state index in [2.05, 4.69) is 25.8 Å². The molecule has 1 atom stereocenters. The lowest BCUT2D eigenvalue weighted by Crippen LogP contribution is -2.33. The molecule has 1 unspecified atom stereocenters. The van der Waals surface area contributed by atoms with Gasteiger partial charge in [0.05, 0.1) is 5.52 Å². The Balaban J connectivity index is 1.66. The van der Waals surface area contributed by atoms with Crippen LogP contribution in [0.1, 0.15) is 12.8 Å². The van der Waals surface area contributed by atoms with Crippen LogP contribution in [0.25, 0.3) is 11.0 Å². The maximum atomic E-state index is 4.45. The minimum Gasteiger partial charge on any atom is -0.353 e. The molecule has 18 heavy (non-hydrogen) atoms. The van der Waals surface area contributed by atoms with Crippen LogP contribution in [0.2, 0.25) is 0 Å². The van der Waals surface area contributed by atoms with Crippen LogP contribution in [0.3, 0.4) is 0 Å². The molecule has 2 N–H and O–H groups in total. The lowest BCUT2D eigenvalue weighted by molar-refractivity contribution is 0.392. The lowest BCUT2D eigenvalue weighted by Gasteiger charge is -2.22. The second-order valence-corrected chi connectivity index (χ2v) is 4.72. The number of aromatic nitrogens is 3. The fraction of sp³-hybridized carbons (Fsp3) is 0.462. The van der Waals surface area contributed by atoms with Crippen molar-refractivity contribution in [2.24, 2.45) is 5.92 Å². The monoisotopic (exact) mass is 243 g/mol.